The summed E-state index contributed by atoms with van der Waals surface area (Å²) in [5.74, 6) is 1.05. The average Bonchev–Trinajstić information content (AvgIpc) is 3.30. The summed E-state index contributed by atoms with van der Waals surface area (Å²) in [6.07, 6.45) is 0. The number of rotatable bonds is 8. The number of tetrazole rings is 1. The highest BCUT2D eigenvalue weighted by Gasteiger charge is 2.37. The molecule has 10 heteroatoms. The number of ketones is 1. The maximum Gasteiger partial charge on any atom is 0.221 e. The summed E-state index contributed by atoms with van der Waals surface area (Å²) in [6.45, 7) is 15.9. The van der Waals surface area contributed by atoms with Crippen molar-refractivity contribution in [1.82, 2.24) is 25.2 Å². The number of methoxy groups -OCH3 is 1. The minimum absolute atomic E-state index is 0.0778. The van der Waals surface area contributed by atoms with Crippen molar-refractivity contribution < 1.29 is 14.0 Å². The Morgan fingerprint density at radius 2 is 1.94 bits per heavy atom. The lowest BCUT2D eigenvalue weighted by atomic mass is 9.99. The van der Waals surface area contributed by atoms with Gasteiger partial charge in [0.25, 0.3) is 0 Å². The number of carbonyl (C=O) groups excluding carboxylic acids is 1. The molecule has 0 aliphatic rings. The van der Waals surface area contributed by atoms with Gasteiger partial charge in [-0.3, -0.25) is 4.79 Å². The third-order valence-corrected chi connectivity index (χ3v) is 11.5. The molecule has 178 valence electrons. The molecule has 0 bridgehead atoms. The van der Waals surface area contributed by atoms with Gasteiger partial charge in [-0.1, -0.05) is 20.8 Å². The number of benzene rings is 1. The molecule has 3 aromatic rings. The molecule has 0 fully saturated rings. The van der Waals surface area contributed by atoms with Crippen molar-refractivity contribution in [2.45, 2.75) is 59.3 Å². The van der Waals surface area contributed by atoms with Crippen LogP contribution in [0, 0.1) is 13.8 Å². The number of hydrogen-bond acceptors (Lipinski definition) is 6. The van der Waals surface area contributed by atoms with E-state index in [1.165, 1.54) is 0 Å². The zero-order valence-electron chi connectivity index (χ0n) is 20.5. The van der Waals surface area contributed by atoms with Crippen molar-refractivity contribution in [3.8, 4) is 17.3 Å². The monoisotopic (exact) mass is 533 g/mol. The largest absolute Gasteiger partial charge is 0.496 e. The molecule has 0 amide bonds. The van der Waals surface area contributed by atoms with Crippen molar-refractivity contribution >= 4 is 30.0 Å². The van der Waals surface area contributed by atoms with E-state index in [-0.39, 0.29) is 10.8 Å². The van der Waals surface area contributed by atoms with Crippen molar-refractivity contribution in [3.05, 3.63) is 45.1 Å². The lowest BCUT2D eigenvalue weighted by Crippen LogP contribution is -2.41. The molecule has 0 radical (unpaired) electrons. The molecule has 33 heavy (non-hydrogen) atoms. The van der Waals surface area contributed by atoms with E-state index in [9.17, 15) is 4.79 Å². The molecule has 8 nitrogen and oxygen atoms in total. The number of aromatic nitrogens is 5. The number of H-pyrrole nitrogens is 1. The lowest BCUT2D eigenvalue weighted by molar-refractivity contribution is 0.103. The van der Waals surface area contributed by atoms with Crippen LogP contribution in [0.15, 0.2) is 22.7 Å². The zero-order chi connectivity index (χ0) is 24.6. The van der Waals surface area contributed by atoms with E-state index in [0.717, 1.165) is 15.7 Å². The number of aryl methyl sites for hydroxylation is 1. The average molecular weight is 535 g/mol. The molecule has 2 aromatic heterocycles. The lowest BCUT2D eigenvalue weighted by Gasteiger charge is -2.36. The number of carbonyl (C=O) groups is 1. The van der Waals surface area contributed by atoms with E-state index >= 15 is 0 Å². The summed E-state index contributed by atoms with van der Waals surface area (Å²) in [6, 6.07) is 5.30. The molecular weight excluding hydrogens is 502 g/mol. The number of halogens is 1. The topological polar surface area (TPSA) is 94.9 Å². The van der Waals surface area contributed by atoms with E-state index in [0.29, 0.717) is 41.5 Å². The summed E-state index contributed by atoms with van der Waals surface area (Å²) in [5.41, 5.74) is 3.43. The van der Waals surface area contributed by atoms with Crippen LogP contribution < -0.4 is 4.74 Å². The van der Waals surface area contributed by atoms with Crippen LogP contribution >= 0.6 is 15.9 Å². The first-order valence-corrected chi connectivity index (χ1v) is 14.6. The van der Waals surface area contributed by atoms with Crippen molar-refractivity contribution in [1.29, 1.82) is 0 Å². The second-order valence-electron chi connectivity index (χ2n) is 9.62. The maximum absolute atomic E-state index is 13.2. The second-order valence-corrected chi connectivity index (χ2v) is 15.3. The van der Waals surface area contributed by atoms with Gasteiger partial charge in [0.05, 0.1) is 30.4 Å². The fourth-order valence-corrected chi connectivity index (χ4v) is 4.88. The Bertz CT molecular complexity index is 1160. The number of ether oxygens (including phenoxy) is 1. The van der Waals surface area contributed by atoms with Gasteiger partial charge in [0, 0.05) is 16.8 Å². The molecule has 2 heterocycles. The van der Waals surface area contributed by atoms with E-state index < -0.39 is 8.32 Å². The molecule has 0 atom stereocenters. The van der Waals surface area contributed by atoms with Crippen molar-refractivity contribution in [2.75, 3.05) is 13.7 Å². The maximum atomic E-state index is 13.2. The van der Waals surface area contributed by atoms with Crippen LogP contribution in [0.25, 0.3) is 11.5 Å². The van der Waals surface area contributed by atoms with Gasteiger partial charge >= 0.3 is 0 Å². The van der Waals surface area contributed by atoms with Crippen molar-refractivity contribution in [2.24, 2.45) is 0 Å². The Morgan fingerprint density at radius 1 is 1.24 bits per heavy atom. The van der Waals surface area contributed by atoms with Gasteiger partial charge in [-0.2, -0.15) is 4.80 Å². The van der Waals surface area contributed by atoms with Gasteiger partial charge in [-0.05, 0) is 76.9 Å². The van der Waals surface area contributed by atoms with Crippen molar-refractivity contribution in [3.63, 3.8) is 0 Å². The van der Waals surface area contributed by atoms with Gasteiger partial charge < -0.3 is 14.1 Å². The Hall–Kier alpha value is -2.30. The fourth-order valence-electron chi connectivity index (χ4n) is 3.30. The minimum Gasteiger partial charge on any atom is -0.496 e. The summed E-state index contributed by atoms with van der Waals surface area (Å²) in [5, 5.41) is 13.0. The Kier molecular flexibility index (Phi) is 7.30. The Morgan fingerprint density at radius 3 is 2.55 bits per heavy atom. The standard InChI is InChI=1S/C23H32BrN5O3Si/c1-14-19(21(30)16-9-10-18(31-6)17(24)13-16)15(2)25-20(14)22-26-28-29(27-22)11-12-32-33(7,8)23(3,4)5/h9-10,13,25H,11-12H2,1-8H3. The summed E-state index contributed by atoms with van der Waals surface area (Å²) in [4.78, 5) is 18.1. The number of aromatic amines is 1. The highest BCUT2D eigenvalue weighted by molar-refractivity contribution is 9.10. The molecule has 0 saturated heterocycles. The van der Waals surface area contributed by atoms with E-state index in [1.807, 2.05) is 13.8 Å². The van der Waals surface area contributed by atoms with Gasteiger partial charge in [0.2, 0.25) is 5.82 Å². The molecule has 0 unspecified atom stereocenters. The predicted molar refractivity (Wildman–Crippen MR) is 134 cm³/mol. The molecule has 0 aliphatic heterocycles. The van der Waals surface area contributed by atoms with Gasteiger partial charge in [-0.15, -0.1) is 10.2 Å². The highest BCUT2D eigenvalue weighted by Crippen LogP contribution is 2.36. The van der Waals surface area contributed by atoms with Crippen LogP contribution in [0.2, 0.25) is 18.1 Å². The third kappa shape index (κ3) is 5.28. The van der Waals surface area contributed by atoms with E-state index in [1.54, 1.807) is 30.1 Å². The van der Waals surface area contributed by atoms with Crippen LogP contribution in [0.5, 0.6) is 5.75 Å². The number of nitrogens with zero attached hydrogens (tertiary/aromatic N) is 4. The van der Waals surface area contributed by atoms with Crippen LogP contribution in [0.4, 0.5) is 0 Å². The summed E-state index contributed by atoms with van der Waals surface area (Å²) < 4.78 is 12.2. The van der Waals surface area contributed by atoms with E-state index in [4.69, 9.17) is 9.16 Å². The first-order chi connectivity index (χ1) is 15.4. The van der Waals surface area contributed by atoms with Crippen LogP contribution in [0.1, 0.15) is 48.0 Å². The molecule has 0 spiro atoms. The first kappa shape index (κ1) is 25.3. The number of nitrogens with one attached hydrogen (secondary N) is 1. The SMILES string of the molecule is COc1ccc(C(=O)c2c(C)[nH]c(-c3nnn(CCO[Si](C)(C)C(C)(C)C)n3)c2C)cc1Br. The van der Waals surface area contributed by atoms with Crippen LogP contribution in [0.3, 0.4) is 0 Å². The van der Waals surface area contributed by atoms with Gasteiger partial charge in [0.15, 0.2) is 14.1 Å². The van der Waals surface area contributed by atoms with Crippen LogP contribution in [-0.2, 0) is 11.0 Å². The minimum atomic E-state index is -1.83. The highest BCUT2D eigenvalue weighted by atomic mass is 79.9. The normalized spacial score (nSPS) is 12.3. The van der Waals surface area contributed by atoms with Crippen LogP contribution in [-0.4, -0.2) is 53.0 Å². The van der Waals surface area contributed by atoms with E-state index in [2.05, 4.69) is 70.2 Å². The molecule has 0 aliphatic carbocycles. The quantitative estimate of drug-likeness (QED) is 0.311. The molecule has 3 rings (SSSR count). The molecular formula is C23H32BrN5O3Si. The Balaban J connectivity index is 1.78. The molecule has 1 N–H and O–H groups in total. The summed E-state index contributed by atoms with van der Waals surface area (Å²) >= 11 is 3.45. The zero-order valence-corrected chi connectivity index (χ0v) is 23.1. The van der Waals surface area contributed by atoms with Gasteiger partial charge in [0.1, 0.15) is 5.75 Å². The second kappa shape index (κ2) is 9.52. The number of hydrogen-bond donors (Lipinski definition) is 1. The molecule has 1 aromatic carbocycles. The smallest absolute Gasteiger partial charge is 0.221 e. The third-order valence-electron chi connectivity index (χ3n) is 6.32. The Labute approximate surface area is 204 Å². The first-order valence-electron chi connectivity index (χ1n) is 10.8. The van der Waals surface area contributed by atoms with Gasteiger partial charge in [-0.25, -0.2) is 0 Å². The predicted octanol–water partition coefficient (Wildman–Crippen LogP) is 5.31. The molecule has 0 saturated carbocycles. The fraction of sp³-hybridized carbons (Fsp3) is 0.478. The summed E-state index contributed by atoms with van der Waals surface area (Å²) in [7, 11) is -0.237.